The molecule has 0 fully saturated rings. The standard InChI is InChI=1S/C15H19F4NO2/c1-8(5-9(7-20)15(21)22)3-2-4-10-11(16)6-12(17)14(19)13(10)18/h6,8-9H,2-5,7,20H2,1H3,(H,21,22). The molecule has 0 saturated carbocycles. The Bertz CT molecular complexity index is 537. The van der Waals surface area contributed by atoms with Crippen LogP contribution in [0, 0.1) is 35.1 Å². The Hall–Kier alpha value is -1.63. The number of rotatable bonds is 8. The van der Waals surface area contributed by atoms with Crippen molar-refractivity contribution in [2.24, 2.45) is 17.6 Å². The van der Waals surface area contributed by atoms with Crippen molar-refractivity contribution in [2.45, 2.75) is 32.6 Å². The zero-order chi connectivity index (χ0) is 16.9. The van der Waals surface area contributed by atoms with E-state index in [0.29, 0.717) is 25.3 Å². The average Bonchev–Trinajstić information content (AvgIpc) is 2.45. The number of benzene rings is 1. The monoisotopic (exact) mass is 321 g/mol. The van der Waals surface area contributed by atoms with E-state index in [1.54, 1.807) is 0 Å². The average molecular weight is 321 g/mol. The highest BCUT2D eigenvalue weighted by Gasteiger charge is 2.21. The molecule has 0 spiro atoms. The van der Waals surface area contributed by atoms with Gasteiger partial charge in [0.05, 0.1) is 5.92 Å². The molecule has 1 rings (SSSR count). The van der Waals surface area contributed by atoms with Crippen LogP contribution in [-0.2, 0) is 11.2 Å². The first-order valence-corrected chi connectivity index (χ1v) is 7.02. The summed E-state index contributed by atoms with van der Waals surface area (Å²) in [6.07, 6.45) is 1.10. The number of halogens is 4. The van der Waals surface area contributed by atoms with E-state index in [4.69, 9.17) is 10.8 Å². The fraction of sp³-hybridized carbons (Fsp3) is 0.533. The van der Waals surface area contributed by atoms with Gasteiger partial charge in [-0.25, -0.2) is 17.6 Å². The summed E-state index contributed by atoms with van der Waals surface area (Å²) in [4.78, 5) is 10.9. The van der Waals surface area contributed by atoms with E-state index in [1.807, 2.05) is 6.92 Å². The van der Waals surface area contributed by atoms with E-state index < -0.39 is 40.7 Å². The van der Waals surface area contributed by atoms with E-state index in [1.165, 1.54) is 0 Å². The van der Waals surface area contributed by atoms with Gasteiger partial charge in [-0.3, -0.25) is 4.79 Å². The molecule has 0 amide bonds. The molecule has 1 aromatic rings. The SMILES string of the molecule is CC(CCCc1c(F)cc(F)c(F)c1F)CC(CN)C(=O)O. The maximum Gasteiger partial charge on any atom is 0.307 e. The molecule has 22 heavy (non-hydrogen) atoms. The molecule has 2 atom stereocenters. The first-order valence-electron chi connectivity index (χ1n) is 7.02. The molecule has 0 radical (unpaired) electrons. The second-order valence-electron chi connectivity index (χ2n) is 5.45. The first kappa shape index (κ1) is 18.4. The summed E-state index contributed by atoms with van der Waals surface area (Å²) in [5.41, 5.74) is 4.87. The molecule has 0 heterocycles. The van der Waals surface area contributed by atoms with Crippen molar-refractivity contribution >= 4 is 5.97 Å². The first-order chi connectivity index (χ1) is 10.3. The van der Waals surface area contributed by atoms with Gasteiger partial charge in [0.25, 0.3) is 0 Å². The highest BCUT2D eigenvalue weighted by molar-refractivity contribution is 5.70. The van der Waals surface area contributed by atoms with Crippen LogP contribution in [-0.4, -0.2) is 17.6 Å². The fourth-order valence-electron chi connectivity index (χ4n) is 2.36. The molecular weight excluding hydrogens is 302 g/mol. The predicted octanol–water partition coefficient (Wildman–Crippen LogP) is 3.25. The van der Waals surface area contributed by atoms with Crippen LogP contribution in [0.2, 0.25) is 0 Å². The second-order valence-corrected chi connectivity index (χ2v) is 5.45. The van der Waals surface area contributed by atoms with Gasteiger partial charge in [-0.1, -0.05) is 13.3 Å². The third-order valence-electron chi connectivity index (χ3n) is 3.65. The van der Waals surface area contributed by atoms with Gasteiger partial charge < -0.3 is 10.8 Å². The maximum absolute atomic E-state index is 13.5. The van der Waals surface area contributed by atoms with Gasteiger partial charge in [0, 0.05) is 18.2 Å². The van der Waals surface area contributed by atoms with Crippen molar-refractivity contribution in [3.63, 3.8) is 0 Å². The smallest absolute Gasteiger partial charge is 0.307 e. The molecule has 2 unspecified atom stereocenters. The zero-order valence-corrected chi connectivity index (χ0v) is 12.2. The largest absolute Gasteiger partial charge is 0.481 e. The van der Waals surface area contributed by atoms with Gasteiger partial charge in [-0.15, -0.1) is 0 Å². The van der Waals surface area contributed by atoms with Crippen molar-refractivity contribution < 1.29 is 27.5 Å². The van der Waals surface area contributed by atoms with E-state index >= 15 is 0 Å². The Morgan fingerprint density at radius 3 is 2.41 bits per heavy atom. The van der Waals surface area contributed by atoms with Crippen molar-refractivity contribution in [2.75, 3.05) is 6.54 Å². The Kier molecular flexibility index (Phi) is 6.80. The summed E-state index contributed by atoms with van der Waals surface area (Å²) in [6.45, 7) is 1.83. The Morgan fingerprint density at radius 1 is 1.23 bits per heavy atom. The summed E-state index contributed by atoms with van der Waals surface area (Å²) in [6, 6.07) is 0.325. The van der Waals surface area contributed by atoms with Gasteiger partial charge in [0.2, 0.25) is 0 Å². The van der Waals surface area contributed by atoms with Gasteiger partial charge in [-0.05, 0) is 25.2 Å². The molecule has 124 valence electrons. The number of carbonyl (C=O) groups is 1. The van der Waals surface area contributed by atoms with Crippen LogP contribution in [0.25, 0.3) is 0 Å². The maximum atomic E-state index is 13.5. The van der Waals surface area contributed by atoms with Crippen LogP contribution in [0.3, 0.4) is 0 Å². The van der Waals surface area contributed by atoms with Crippen molar-refractivity contribution in [3.8, 4) is 0 Å². The number of carboxylic acids is 1. The summed E-state index contributed by atoms with van der Waals surface area (Å²) in [7, 11) is 0. The second kappa shape index (κ2) is 8.12. The minimum absolute atomic E-state index is 0.0129. The lowest BCUT2D eigenvalue weighted by Gasteiger charge is -2.16. The lowest BCUT2D eigenvalue weighted by molar-refractivity contribution is -0.141. The molecule has 0 aliphatic carbocycles. The van der Waals surface area contributed by atoms with Crippen molar-refractivity contribution in [3.05, 3.63) is 34.9 Å². The quantitative estimate of drug-likeness (QED) is 0.439. The molecule has 0 bridgehead atoms. The van der Waals surface area contributed by atoms with Gasteiger partial charge >= 0.3 is 5.97 Å². The van der Waals surface area contributed by atoms with Crippen molar-refractivity contribution in [1.29, 1.82) is 0 Å². The Morgan fingerprint density at radius 2 is 1.86 bits per heavy atom. The number of hydrogen-bond acceptors (Lipinski definition) is 2. The van der Waals surface area contributed by atoms with Crippen LogP contribution in [0.5, 0.6) is 0 Å². The zero-order valence-electron chi connectivity index (χ0n) is 12.2. The molecule has 0 saturated heterocycles. The van der Waals surface area contributed by atoms with Crippen LogP contribution in [0.15, 0.2) is 6.07 Å². The normalized spacial score (nSPS) is 13.9. The van der Waals surface area contributed by atoms with Gasteiger partial charge in [-0.2, -0.15) is 0 Å². The fourth-order valence-corrected chi connectivity index (χ4v) is 2.36. The lowest BCUT2D eigenvalue weighted by Crippen LogP contribution is -2.25. The van der Waals surface area contributed by atoms with Crippen LogP contribution >= 0.6 is 0 Å². The Labute approximate surface area is 126 Å². The lowest BCUT2D eigenvalue weighted by atomic mass is 9.91. The minimum atomic E-state index is -1.68. The highest BCUT2D eigenvalue weighted by atomic mass is 19.2. The van der Waals surface area contributed by atoms with Gasteiger partial charge in [0.15, 0.2) is 17.5 Å². The number of carboxylic acid groups (broad SMARTS) is 1. The molecule has 7 heteroatoms. The third-order valence-corrected chi connectivity index (χ3v) is 3.65. The minimum Gasteiger partial charge on any atom is -0.481 e. The van der Waals surface area contributed by atoms with Crippen LogP contribution in [0.1, 0.15) is 31.7 Å². The molecule has 0 aliphatic heterocycles. The van der Waals surface area contributed by atoms with E-state index in [2.05, 4.69) is 0 Å². The van der Waals surface area contributed by atoms with E-state index in [-0.39, 0.29) is 18.9 Å². The molecule has 0 aliphatic rings. The number of aliphatic carboxylic acids is 1. The molecule has 1 aromatic carbocycles. The van der Waals surface area contributed by atoms with Crippen LogP contribution < -0.4 is 5.73 Å². The number of nitrogens with two attached hydrogens (primary N) is 1. The molecule has 3 N–H and O–H groups in total. The van der Waals surface area contributed by atoms with Crippen LogP contribution in [0.4, 0.5) is 17.6 Å². The predicted molar refractivity (Wildman–Crippen MR) is 73.2 cm³/mol. The summed E-state index contributed by atoms with van der Waals surface area (Å²) >= 11 is 0. The van der Waals surface area contributed by atoms with Gasteiger partial charge in [0.1, 0.15) is 5.82 Å². The topological polar surface area (TPSA) is 63.3 Å². The van der Waals surface area contributed by atoms with E-state index in [0.717, 1.165) is 0 Å². The summed E-state index contributed by atoms with van der Waals surface area (Å²) < 4.78 is 52.8. The van der Waals surface area contributed by atoms with Crippen molar-refractivity contribution in [1.82, 2.24) is 0 Å². The summed E-state index contributed by atoms with van der Waals surface area (Å²) in [5, 5.41) is 8.90. The summed E-state index contributed by atoms with van der Waals surface area (Å²) in [5.74, 6) is -7.51. The Balaban J connectivity index is 2.58. The highest BCUT2D eigenvalue weighted by Crippen LogP contribution is 2.23. The molecule has 3 nitrogen and oxygen atoms in total. The molecular formula is C15H19F4NO2. The third kappa shape index (κ3) is 4.69. The number of hydrogen-bond donors (Lipinski definition) is 2. The van der Waals surface area contributed by atoms with E-state index in [9.17, 15) is 22.4 Å². The molecule has 0 aromatic heterocycles.